The van der Waals surface area contributed by atoms with Crippen LogP contribution in [0.25, 0.3) is 0 Å². The minimum Gasteiger partial charge on any atom is -0.484 e. The Morgan fingerprint density at radius 3 is 2.50 bits per heavy atom. The minimum atomic E-state index is -4.44. The molecule has 0 aliphatic rings. The topological polar surface area (TPSA) is 84.5 Å². The van der Waals surface area contributed by atoms with Gasteiger partial charge in [-0.2, -0.15) is 13.2 Å². The third kappa shape index (κ3) is 6.76. The van der Waals surface area contributed by atoms with Gasteiger partial charge in [0.15, 0.2) is 16.4 Å². The first-order chi connectivity index (χ1) is 13.1. The number of nitrogens with one attached hydrogen (secondary N) is 2. The number of hydrogen-bond donors (Lipinski definition) is 2. The highest BCUT2D eigenvalue weighted by Gasteiger charge is 2.28. The van der Waals surface area contributed by atoms with Gasteiger partial charge >= 0.3 is 12.2 Å². The largest absolute Gasteiger partial charge is 0.484 e. The number of urea groups is 1. The van der Waals surface area contributed by atoms with E-state index in [9.17, 15) is 26.4 Å². The Labute approximate surface area is 160 Å². The average molecular weight is 416 g/mol. The number of rotatable bonds is 7. The van der Waals surface area contributed by atoms with Crippen LogP contribution in [0.15, 0.2) is 53.4 Å². The van der Waals surface area contributed by atoms with E-state index < -0.39 is 28.7 Å². The standard InChI is InChI=1S/C18H19F3N2O4S/c1-2-28(25,26)16-8-4-6-14(10-16)23-17(24)22-11-13-5-3-7-15(9-13)27-12-18(19,20)21/h3-10H,2,11-12H2,1H3,(H2,22,23,24). The molecule has 152 valence electrons. The van der Waals surface area contributed by atoms with E-state index in [1.807, 2.05) is 0 Å². The third-order valence-electron chi connectivity index (χ3n) is 3.59. The van der Waals surface area contributed by atoms with Crippen molar-refractivity contribution >= 4 is 21.6 Å². The van der Waals surface area contributed by atoms with E-state index in [2.05, 4.69) is 15.4 Å². The van der Waals surface area contributed by atoms with Crippen molar-refractivity contribution in [3.05, 3.63) is 54.1 Å². The van der Waals surface area contributed by atoms with Crippen LogP contribution >= 0.6 is 0 Å². The van der Waals surface area contributed by atoms with Gasteiger partial charge in [-0.05, 0) is 35.9 Å². The highest BCUT2D eigenvalue weighted by molar-refractivity contribution is 7.91. The van der Waals surface area contributed by atoms with Crippen molar-refractivity contribution in [3.8, 4) is 5.75 Å². The van der Waals surface area contributed by atoms with Gasteiger partial charge in [0.1, 0.15) is 5.75 Å². The average Bonchev–Trinajstić information content (AvgIpc) is 2.65. The van der Waals surface area contributed by atoms with Gasteiger partial charge < -0.3 is 15.4 Å². The zero-order chi connectivity index (χ0) is 20.8. The van der Waals surface area contributed by atoms with E-state index >= 15 is 0 Å². The number of halogens is 3. The summed E-state index contributed by atoms with van der Waals surface area (Å²) in [6, 6.07) is 11.2. The first-order valence-electron chi connectivity index (χ1n) is 8.25. The summed E-state index contributed by atoms with van der Waals surface area (Å²) in [5, 5.41) is 5.06. The number of hydrogen-bond acceptors (Lipinski definition) is 4. The van der Waals surface area contributed by atoms with Crippen LogP contribution in [0, 0.1) is 0 Å². The van der Waals surface area contributed by atoms with Gasteiger partial charge in [0.05, 0.1) is 10.6 Å². The van der Waals surface area contributed by atoms with Crippen LogP contribution in [-0.4, -0.2) is 33.0 Å². The molecular formula is C18H19F3N2O4S. The lowest BCUT2D eigenvalue weighted by Gasteiger charge is -2.11. The maximum Gasteiger partial charge on any atom is 0.422 e. The molecule has 2 N–H and O–H groups in total. The molecule has 6 nitrogen and oxygen atoms in total. The second-order valence-corrected chi connectivity index (χ2v) is 8.07. The van der Waals surface area contributed by atoms with Crippen LogP contribution in [0.5, 0.6) is 5.75 Å². The van der Waals surface area contributed by atoms with E-state index in [0.717, 1.165) is 0 Å². The van der Waals surface area contributed by atoms with Crippen LogP contribution < -0.4 is 15.4 Å². The Kier molecular flexibility index (Phi) is 6.90. The maximum absolute atomic E-state index is 12.2. The van der Waals surface area contributed by atoms with Crippen molar-refractivity contribution in [3.63, 3.8) is 0 Å². The maximum atomic E-state index is 12.2. The molecule has 0 spiro atoms. The quantitative estimate of drug-likeness (QED) is 0.720. The number of carbonyl (C=O) groups is 1. The number of carbonyl (C=O) groups excluding carboxylic acids is 1. The molecule has 0 saturated heterocycles. The molecule has 0 bridgehead atoms. The van der Waals surface area contributed by atoms with E-state index in [4.69, 9.17) is 0 Å². The van der Waals surface area contributed by atoms with Gasteiger partial charge in [0.2, 0.25) is 0 Å². The SMILES string of the molecule is CCS(=O)(=O)c1cccc(NC(=O)NCc2cccc(OCC(F)(F)F)c2)c1. The van der Waals surface area contributed by atoms with Gasteiger partial charge in [-0.1, -0.05) is 25.1 Å². The Balaban J connectivity index is 1.94. The van der Waals surface area contributed by atoms with Gasteiger partial charge in [0.25, 0.3) is 0 Å². The Hall–Kier alpha value is -2.75. The monoisotopic (exact) mass is 416 g/mol. The molecular weight excluding hydrogens is 397 g/mol. The summed E-state index contributed by atoms with van der Waals surface area (Å²) in [4.78, 5) is 12.1. The summed E-state index contributed by atoms with van der Waals surface area (Å²) >= 11 is 0. The lowest BCUT2D eigenvalue weighted by Crippen LogP contribution is -2.28. The number of sulfone groups is 1. The molecule has 0 heterocycles. The second-order valence-electron chi connectivity index (χ2n) is 5.79. The predicted molar refractivity (Wildman–Crippen MR) is 98.0 cm³/mol. The fourth-order valence-corrected chi connectivity index (χ4v) is 3.13. The van der Waals surface area contributed by atoms with Gasteiger partial charge in [0, 0.05) is 12.2 Å². The minimum absolute atomic E-state index is 0.0366. The van der Waals surface area contributed by atoms with Crippen LogP contribution in [0.4, 0.5) is 23.7 Å². The molecule has 0 aliphatic carbocycles. The summed E-state index contributed by atoms with van der Waals surface area (Å²) in [6.07, 6.45) is -4.44. The van der Waals surface area contributed by atoms with Crippen molar-refractivity contribution in [1.82, 2.24) is 5.32 Å². The number of ether oxygens (including phenoxy) is 1. The third-order valence-corrected chi connectivity index (χ3v) is 5.32. The van der Waals surface area contributed by atoms with Crippen LogP contribution in [0.3, 0.4) is 0 Å². The first kappa shape index (κ1) is 21.5. The van der Waals surface area contributed by atoms with Crippen molar-refractivity contribution in [2.75, 3.05) is 17.7 Å². The lowest BCUT2D eigenvalue weighted by molar-refractivity contribution is -0.153. The van der Waals surface area contributed by atoms with Crippen molar-refractivity contribution in [1.29, 1.82) is 0 Å². The Bertz CT molecular complexity index is 930. The molecule has 0 radical (unpaired) electrons. The molecule has 0 saturated carbocycles. The Morgan fingerprint density at radius 1 is 1.11 bits per heavy atom. The molecule has 28 heavy (non-hydrogen) atoms. The molecule has 2 rings (SSSR count). The van der Waals surface area contributed by atoms with Gasteiger partial charge in [-0.3, -0.25) is 0 Å². The zero-order valence-corrected chi connectivity index (χ0v) is 15.7. The molecule has 0 fully saturated rings. The molecule has 0 aromatic heterocycles. The summed E-state index contributed by atoms with van der Waals surface area (Å²) in [6.45, 7) is 0.165. The highest BCUT2D eigenvalue weighted by Crippen LogP contribution is 2.20. The number of alkyl halides is 3. The fourth-order valence-electron chi connectivity index (χ4n) is 2.20. The van der Waals surface area contributed by atoms with Crippen LogP contribution in [-0.2, 0) is 16.4 Å². The summed E-state index contributed by atoms with van der Waals surface area (Å²) < 4.78 is 65.0. The van der Waals surface area contributed by atoms with E-state index in [-0.39, 0.29) is 22.9 Å². The van der Waals surface area contributed by atoms with Crippen LogP contribution in [0.1, 0.15) is 12.5 Å². The molecule has 10 heteroatoms. The smallest absolute Gasteiger partial charge is 0.422 e. The van der Waals surface area contributed by atoms with Crippen molar-refractivity contribution in [2.24, 2.45) is 0 Å². The van der Waals surface area contributed by atoms with Crippen molar-refractivity contribution in [2.45, 2.75) is 24.5 Å². The summed E-state index contributed by atoms with van der Waals surface area (Å²) in [7, 11) is -3.40. The molecule has 0 unspecified atom stereocenters. The van der Waals surface area contributed by atoms with E-state index in [1.165, 1.54) is 43.3 Å². The normalized spacial score (nSPS) is 11.7. The second kappa shape index (κ2) is 8.96. The van der Waals surface area contributed by atoms with E-state index in [1.54, 1.807) is 12.1 Å². The predicted octanol–water partition coefficient (Wildman–Crippen LogP) is 3.74. The van der Waals surface area contributed by atoms with Gasteiger partial charge in [-0.25, -0.2) is 13.2 Å². The summed E-state index contributed by atoms with van der Waals surface area (Å²) in [5.41, 5.74) is 0.839. The summed E-state index contributed by atoms with van der Waals surface area (Å²) in [5.74, 6) is -0.0235. The zero-order valence-electron chi connectivity index (χ0n) is 14.9. The fraction of sp³-hybridized carbons (Fsp3) is 0.278. The van der Waals surface area contributed by atoms with E-state index in [0.29, 0.717) is 11.3 Å². The number of amides is 2. The molecule has 0 aliphatic heterocycles. The highest BCUT2D eigenvalue weighted by atomic mass is 32.2. The van der Waals surface area contributed by atoms with Crippen LogP contribution in [0.2, 0.25) is 0 Å². The molecule has 2 aromatic rings. The van der Waals surface area contributed by atoms with Gasteiger partial charge in [-0.15, -0.1) is 0 Å². The Morgan fingerprint density at radius 2 is 1.82 bits per heavy atom. The number of benzene rings is 2. The van der Waals surface area contributed by atoms with Crippen molar-refractivity contribution < 1.29 is 31.1 Å². The lowest BCUT2D eigenvalue weighted by atomic mass is 10.2. The molecule has 2 amide bonds. The molecule has 0 atom stereocenters. The molecule has 2 aromatic carbocycles. The number of anilines is 1. The first-order valence-corrected chi connectivity index (χ1v) is 9.90.